The first-order chi connectivity index (χ1) is 10.6. The summed E-state index contributed by atoms with van der Waals surface area (Å²) in [5.74, 6) is -0.759. The summed E-state index contributed by atoms with van der Waals surface area (Å²) in [5.41, 5.74) is 0.505. The number of benzene rings is 1. The molecule has 3 rings (SSSR count). The number of ether oxygens (including phenoxy) is 1. The Labute approximate surface area is 128 Å². The summed E-state index contributed by atoms with van der Waals surface area (Å²) in [6.07, 6.45) is 2.37. The zero-order chi connectivity index (χ0) is 15.5. The first-order valence-electron chi connectivity index (χ1n) is 7.61. The number of piperidine rings is 1. The van der Waals surface area contributed by atoms with E-state index in [-0.39, 0.29) is 30.1 Å². The smallest absolute Gasteiger partial charge is 0.252 e. The van der Waals surface area contributed by atoms with Gasteiger partial charge in [0.2, 0.25) is 5.91 Å². The van der Waals surface area contributed by atoms with E-state index in [0.717, 1.165) is 25.8 Å². The van der Waals surface area contributed by atoms with Crippen LogP contribution in [0.4, 0.5) is 10.1 Å². The van der Waals surface area contributed by atoms with Gasteiger partial charge in [-0.05, 0) is 43.5 Å². The second-order valence-electron chi connectivity index (χ2n) is 5.76. The van der Waals surface area contributed by atoms with Crippen molar-refractivity contribution < 1.29 is 18.7 Å². The van der Waals surface area contributed by atoms with E-state index in [1.165, 1.54) is 24.3 Å². The van der Waals surface area contributed by atoms with Gasteiger partial charge < -0.3 is 15.0 Å². The van der Waals surface area contributed by atoms with Crippen LogP contribution < -0.4 is 5.32 Å². The number of hydrogen-bond donors (Lipinski definition) is 1. The Morgan fingerprint density at radius 3 is 2.86 bits per heavy atom. The molecule has 1 aromatic rings. The summed E-state index contributed by atoms with van der Waals surface area (Å²) in [5, 5.41) is 2.65. The molecule has 2 atom stereocenters. The lowest BCUT2D eigenvalue weighted by molar-refractivity contribution is -0.163. The van der Waals surface area contributed by atoms with Crippen LogP contribution >= 0.6 is 0 Å². The van der Waals surface area contributed by atoms with Gasteiger partial charge in [-0.15, -0.1) is 0 Å². The monoisotopic (exact) mass is 306 g/mol. The van der Waals surface area contributed by atoms with Crippen LogP contribution in [0.15, 0.2) is 24.3 Å². The normalized spacial score (nSPS) is 24.8. The highest BCUT2D eigenvalue weighted by molar-refractivity contribution is 5.95. The average molecular weight is 306 g/mol. The van der Waals surface area contributed by atoms with Gasteiger partial charge >= 0.3 is 0 Å². The lowest BCUT2D eigenvalue weighted by Gasteiger charge is -2.41. The molecule has 118 valence electrons. The molecule has 2 heterocycles. The van der Waals surface area contributed by atoms with E-state index in [1.807, 2.05) is 4.90 Å². The van der Waals surface area contributed by atoms with Crippen LogP contribution in [0, 0.1) is 5.82 Å². The Morgan fingerprint density at radius 1 is 1.32 bits per heavy atom. The first kappa shape index (κ1) is 15.0. The van der Waals surface area contributed by atoms with Crippen LogP contribution in [-0.2, 0) is 14.3 Å². The van der Waals surface area contributed by atoms with Crippen LogP contribution in [0.25, 0.3) is 0 Å². The third-order valence-corrected chi connectivity index (χ3v) is 4.17. The van der Waals surface area contributed by atoms with Gasteiger partial charge in [0.15, 0.2) is 0 Å². The van der Waals surface area contributed by atoms with Gasteiger partial charge in [-0.2, -0.15) is 0 Å². The van der Waals surface area contributed by atoms with Gasteiger partial charge in [0.05, 0.1) is 19.1 Å². The van der Waals surface area contributed by atoms with Gasteiger partial charge in [0.25, 0.3) is 5.91 Å². The van der Waals surface area contributed by atoms with Crippen molar-refractivity contribution in [2.24, 2.45) is 0 Å². The Kier molecular flexibility index (Phi) is 4.38. The highest BCUT2D eigenvalue weighted by Crippen LogP contribution is 2.24. The maximum atomic E-state index is 12.8. The first-order valence-corrected chi connectivity index (χ1v) is 7.61. The molecule has 2 fully saturated rings. The van der Waals surface area contributed by atoms with Gasteiger partial charge in [-0.3, -0.25) is 9.59 Å². The molecule has 2 saturated heterocycles. The molecule has 0 radical (unpaired) electrons. The van der Waals surface area contributed by atoms with Gasteiger partial charge in [-0.25, -0.2) is 4.39 Å². The van der Waals surface area contributed by atoms with E-state index < -0.39 is 6.10 Å². The van der Waals surface area contributed by atoms with Crippen molar-refractivity contribution in [3.63, 3.8) is 0 Å². The molecular weight excluding hydrogens is 287 g/mol. The van der Waals surface area contributed by atoms with Crippen LogP contribution in [0.3, 0.4) is 0 Å². The molecular formula is C16H19FN2O3. The minimum Gasteiger partial charge on any atom is -0.366 e. The van der Waals surface area contributed by atoms with Gasteiger partial charge in [0.1, 0.15) is 11.9 Å². The molecule has 2 unspecified atom stereocenters. The highest BCUT2D eigenvalue weighted by atomic mass is 19.1. The lowest BCUT2D eigenvalue weighted by atomic mass is 9.99. The van der Waals surface area contributed by atoms with Gasteiger partial charge in [0, 0.05) is 12.2 Å². The summed E-state index contributed by atoms with van der Waals surface area (Å²) >= 11 is 0. The minimum atomic E-state index is -0.713. The van der Waals surface area contributed by atoms with Crippen LogP contribution in [0.2, 0.25) is 0 Å². The fraction of sp³-hybridized carbons (Fsp3) is 0.500. The Bertz CT molecular complexity index is 561. The zero-order valence-corrected chi connectivity index (χ0v) is 12.3. The molecule has 22 heavy (non-hydrogen) atoms. The molecule has 1 N–H and O–H groups in total. The Balaban J connectivity index is 1.57. The van der Waals surface area contributed by atoms with E-state index in [0.29, 0.717) is 12.3 Å². The average Bonchev–Trinajstić information content (AvgIpc) is 2.53. The number of amides is 2. The molecule has 1 aromatic carbocycles. The number of halogens is 1. The Hall–Kier alpha value is -1.95. The number of morpholine rings is 1. The van der Waals surface area contributed by atoms with E-state index in [1.54, 1.807) is 0 Å². The van der Waals surface area contributed by atoms with Crippen molar-refractivity contribution in [1.82, 2.24) is 4.90 Å². The topological polar surface area (TPSA) is 58.6 Å². The van der Waals surface area contributed by atoms with Crippen LogP contribution in [0.5, 0.6) is 0 Å². The second kappa shape index (κ2) is 6.44. The SMILES string of the molecule is O=C(CC1OCC2CCCCN2C1=O)Nc1ccc(F)cc1. The van der Waals surface area contributed by atoms with Crippen molar-refractivity contribution in [2.45, 2.75) is 37.8 Å². The van der Waals surface area contributed by atoms with Crippen molar-refractivity contribution in [1.29, 1.82) is 0 Å². The zero-order valence-electron chi connectivity index (χ0n) is 12.3. The number of nitrogens with zero attached hydrogens (tertiary/aromatic N) is 1. The fourth-order valence-electron chi connectivity index (χ4n) is 3.01. The van der Waals surface area contributed by atoms with E-state index in [4.69, 9.17) is 4.74 Å². The highest BCUT2D eigenvalue weighted by Gasteiger charge is 2.38. The third kappa shape index (κ3) is 3.27. The predicted molar refractivity (Wildman–Crippen MR) is 78.7 cm³/mol. The quantitative estimate of drug-likeness (QED) is 0.928. The second-order valence-corrected chi connectivity index (χ2v) is 5.76. The molecule has 2 amide bonds. The molecule has 2 aliphatic heterocycles. The molecule has 0 saturated carbocycles. The largest absolute Gasteiger partial charge is 0.366 e. The molecule has 6 heteroatoms. The van der Waals surface area contributed by atoms with Crippen molar-refractivity contribution in [3.8, 4) is 0 Å². The predicted octanol–water partition coefficient (Wildman–Crippen LogP) is 1.93. The van der Waals surface area contributed by atoms with Gasteiger partial charge in [-0.1, -0.05) is 0 Å². The van der Waals surface area contributed by atoms with E-state index in [2.05, 4.69) is 5.32 Å². The number of nitrogens with one attached hydrogen (secondary N) is 1. The number of carbonyl (C=O) groups is 2. The number of carbonyl (C=O) groups excluding carboxylic acids is 2. The maximum absolute atomic E-state index is 12.8. The molecule has 2 aliphatic rings. The molecule has 5 nitrogen and oxygen atoms in total. The van der Waals surface area contributed by atoms with Crippen LogP contribution in [-0.4, -0.2) is 42.0 Å². The molecule has 0 aliphatic carbocycles. The number of hydrogen-bond acceptors (Lipinski definition) is 3. The van der Waals surface area contributed by atoms with Crippen molar-refractivity contribution in [3.05, 3.63) is 30.1 Å². The molecule has 0 aromatic heterocycles. The molecule has 0 bridgehead atoms. The van der Waals surface area contributed by atoms with E-state index in [9.17, 15) is 14.0 Å². The van der Waals surface area contributed by atoms with Crippen molar-refractivity contribution >= 4 is 17.5 Å². The summed E-state index contributed by atoms with van der Waals surface area (Å²) in [6, 6.07) is 5.68. The minimum absolute atomic E-state index is 0.0145. The maximum Gasteiger partial charge on any atom is 0.252 e. The summed E-state index contributed by atoms with van der Waals surface area (Å²) in [6.45, 7) is 1.25. The summed E-state index contributed by atoms with van der Waals surface area (Å²) < 4.78 is 18.4. The lowest BCUT2D eigenvalue weighted by Crippen LogP contribution is -2.56. The van der Waals surface area contributed by atoms with Crippen LogP contribution in [0.1, 0.15) is 25.7 Å². The summed E-state index contributed by atoms with van der Waals surface area (Å²) in [4.78, 5) is 26.2. The number of rotatable bonds is 3. The number of fused-ring (bicyclic) bond motifs is 1. The van der Waals surface area contributed by atoms with E-state index >= 15 is 0 Å². The Morgan fingerprint density at radius 2 is 2.09 bits per heavy atom. The molecule has 0 spiro atoms. The van der Waals surface area contributed by atoms with Crippen molar-refractivity contribution in [2.75, 3.05) is 18.5 Å². The number of anilines is 1. The fourth-order valence-corrected chi connectivity index (χ4v) is 3.01. The standard InChI is InChI=1S/C16H19FN2O3/c17-11-4-6-12(7-5-11)18-15(20)9-14-16(21)19-8-2-1-3-13(19)10-22-14/h4-7,13-14H,1-3,8-10H2,(H,18,20). The summed E-state index contributed by atoms with van der Waals surface area (Å²) in [7, 11) is 0. The third-order valence-electron chi connectivity index (χ3n) is 4.17.